The van der Waals surface area contributed by atoms with Gasteiger partial charge >= 0.3 is 0 Å². The van der Waals surface area contributed by atoms with Gasteiger partial charge in [-0.1, -0.05) is 53.6 Å². The number of hydrogen-bond acceptors (Lipinski definition) is 2. The van der Waals surface area contributed by atoms with Gasteiger partial charge in [-0.15, -0.1) is 0 Å². The molecule has 5 heteroatoms. The van der Waals surface area contributed by atoms with Crippen LogP contribution in [-0.2, 0) is 11.2 Å². The highest BCUT2D eigenvalue weighted by Crippen LogP contribution is 2.32. The van der Waals surface area contributed by atoms with E-state index in [0.717, 1.165) is 51.9 Å². The molecule has 0 aliphatic heterocycles. The van der Waals surface area contributed by atoms with Gasteiger partial charge in [0.05, 0.1) is 16.9 Å². The first kappa shape index (κ1) is 22.2. The van der Waals surface area contributed by atoms with Crippen LogP contribution in [0.2, 0.25) is 5.02 Å². The van der Waals surface area contributed by atoms with Crippen molar-refractivity contribution in [2.45, 2.75) is 33.1 Å². The highest BCUT2D eigenvalue weighted by molar-refractivity contribution is 6.31. The van der Waals surface area contributed by atoms with Crippen LogP contribution in [0.1, 0.15) is 29.5 Å². The molecule has 5 aromatic rings. The van der Waals surface area contributed by atoms with Crippen molar-refractivity contribution in [1.29, 1.82) is 0 Å². The van der Waals surface area contributed by atoms with E-state index in [1.165, 1.54) is 16.5 Å². The number of hydrogen-bond donors (Lipinski definition) is 2. The minimum atomic E-state index is -0.00762. The lowest BCUT2D eigenvalue weighted by Crippen LogP contribution is -2.12. The summed E-state index contributed by atoms with van der Waals surface area (Å²) in [6.45, 7) is 4.01. The number of nitrogens with zero attached hydrogens (tertiary/aromatic N) is 1. The number of amides is 1. The van der Waals surface area contributed by atoms with Crippen LogP contribution >= 0.6 is 11.6 Å². The summed E-state index contributed by atoms with van der Waals surface area (Å²) in [4.78, 5) is 21.2. The largest absolute Gasteiger partial charge is 0.353 e. The molecule has 0 aliphatic rings. The van der Waals surface area contributed by atoms with E-state index in [1.807, 2.05) is 43.3 Å². The first-order valence-corrected chi connectivity index (χ1v) is 11.9. The second kappa shape index (κ2) is 9.32. The van der Waals surface area contributed by atoms with Crippen molar-refractivity contribution < 1.29 is 4.79 Å². The van der Waals surface area contributed by atoms with Crippen molar-refractivity contribution in [2.24, 2.45) is 0 Å². The van der Waals surface area contributed by atoms with Crippen LogP contribution in [-0.4, -0.2) is 15.9 Å². The Bertz CT molecular complexity index is 1520. The number of carbonyl (C=O) groups is 1. The summed E-state index contributed by atoms with van der Waals surface area (Å²) in [7, 11) is 0. The van der Waals surface area contributed by atoms with E-state index in [-0.39, 0.29) is 5.91 Å². The fourth-order valence-corrected chi connectivity index (χ4v) is 4.60. The number of carbonyl (C=O) groups excluding carboxylic acids is 1. The standard InChI is InChI=1S/C29H26ClN3O/c1-18-13-15-26-22(17-18)21(8-5-12-28(34)32-24-11-6-9-23(30)19(24)2)29(33-26)27-16-14-20-7-3-4-10-25(20)31-27/h3-4,6-7,9-11,13-17,33H,5,8,12H2,1-2H3,(H,32,34). The molecule has 0 spiro atoms. The molecule has 4 nitrogen and oxygen atoms in total. The first-order valence-electron chi connectivity index (χ1n) is 11.5. The molecule has 0 radical (unpaired) electrons. The van der Waals surface area contributed by atoms with Gasteiger partial charge in [0, 0.05) is 33.4 Å². The second-order valence-corrected chi connectivity index (χ2v) is 9.14. The van der Waals surface area contributed by atoms with Crippen molar-refractivity contribution in [1.82, 2.24) is 9.97 Å². The third kappa shape index (κ3) is 4.42. The Morgan fingerprint density at radius 1 is 1.00 bits per heavy atom. The second-order valence-electron chi connectivity index (χ2n) is 8.73. The Labute approximate surface area is 204 Å². The molecule has 1 amide bonds. The van der Waals surface area contributed by atoms with Crippen LogP contribution in [0.25, 0.3) is 33.2 Å². The number of fused-ring (bicyclic) bond motifs is 2. The number of para-hydroxylation sites is 1. The Balaban J connectivity index is 1.41. The topological polar surface area (TPSA) is 57.8 Å². The van der Waals surface area contributed by atoms with E-state index >= 15 is 0 Å². The molecule has 5 rings (SSSR count). The number of pyridine rings is 1. The molecule has 2 aromatic heterocycles. The van der Waals surface area contributed by atoms with Crippen molar-refractivity contribution in [2.75, 3.05) is 5.32 Å². The summed E-state index contributed by atoms with van der Waals surface area (Å²) < 4.78 is 0. The SMILES string of the molecule is Cc1ccc2[nH]c(-c3ccc4ccccc4n3)c(CCCC(=O)Nc3cccc(Cl)c3C)c2c1. The Morgan fingerprint density at radius 3 is 2.74 bits per heavy atom. The van der Waals surface area contributed by atoms with Crippen LogP contribution in [0.5, 0.6) is 0 Å². The average molecular weight is 468 g/mol. The van der Waals surface area contributed by atoms with Crippen molar-refractivity contribution in [3.63, 3.8) is 0 Å². The van der Waals surface area contributed by atoms with E-state index in [4.69, 9.17) is 16.6 Å². The Hall–Kier alpha value is -3.63. The molecule has 0 fully saturated rings. The molecule has 0 aliphatic carbocycles. The van der Waals surface area contributed by atoms with Gasteiger partial charge in [0.2, 0.25) is 5.91 Å². The number of benzene rings is 3. The van der Waals surface area contributed by atoms with Crippen molar-refractivity contribution in [3.8, 4) is 11.4 Å². The number of H-pyrrole nitrogens is 1. The van der Waals surface area contributed by atoms with Gasteiger partial charge in [-0.3, -0.25) is 4.79 Å². The lowest BCUT2D eigenvalue weighted by atomic mass is 10.0. The number of anilines is 1. The number of aromatic nitrogens is 2. The zero-order valence-electron chi connectivity index (χ0n) is 19.3. The maximum absolute atomic E-state index is 12.6. The molecule has 170 valence electrons. The van der Waals surface area contributed by atoms with Crippen molar-refractivity contribution >= 4 is 45.0 Å². The van der Waals surface area contributed by atoms with Gasteiger partial charge in [0.1, 0.15) is 0 Å². The third-order valence-corrected chi connectivity index (χ3v) is 6.70. The summed E-state index contributed by atoms with van der Waals surface area (Å²) >= 11 is 6.19. The van der Waals surface area contributed by atoms with Gasteiger partial charge < -0.3 is 10.3 Å². The van der Waals surface area contributed by atoms with Crippen LogP contribution in [0.15, 0.2) is 72.8 Å². The molecule has 2 heterocycles. The summed E-state index contributed by atoms with van der Waals surface area (Å²) in [6.07, 6.45) is 1.93. The fourth-order valence-electron chi connectivity index (χ4n) is 4.43. The Kier molecular flexibility index (Phi) is 6.08. The van der Waals surface area contributed by atoms with Crippen LogP contribution in [0, 0.1) is 13.8 Å². The maximum atomic E-state index is 12.6. The average Bonchev–Trinajstić information content (AvgIpc) is 3.19. The van der Waals surface area contributed by atoms with Gasteiger partial charge in [-0.05, 0) is 74.2 Å². The number of aryl methyl sites for hydroxylation is 2. The minimum absolute atomic E-state index is 0.00762. The summed E-state index contributed by atoms with van der Waals surface area (Å²) in [5, 5.41) is 5.96. The predicted octanol–water partition coefficient (Wildman–Crippen LogP) is 7.61. The Morgan fingerprint density at radius 2 is 1.85 bits per heavy atom. The van der Waals surface area contributed by atoms with Gasteiger partial charge in [-0.2, -0.15) is 0 Å². The third-order valence-electron chi connectivity index (χ3n) is 6.29. The van der Waals surface area contributed by atoms with E-state index in [1.54, 1.807) is 0 Å². The molecule has 3 aromatic carbocycles. The lowest BCUT2D eigenvalue weighted by Gasteiger charge is -2.10. The van der Waals surface area contributed by atoms with E-state index < -0.39 is 0 Å². The van der Waals surface area contributed by atoms with Crippen LogP contribution in [0.4, 0.5) is 5.69 Å². The van der Waals surface area contributed by atoms with Gasteiger partial charge in [0.25, 0.3) is 0 Å². The smallest absolute Gasteiger partial charge is 0.224 e. The maximum Gasteiger partial charge on any atom is 0.224 e. The molecule has 0 unspecified atom stereocenters. The normalized spacial score (nSPS) is 11.3. The molecular weight excluding hydrogens is 442 g/mol. The molecule has 0 atom stereocenters. The molecule has 0 saturated carbocycles. The predicted molar refractivity (Wildman–Crippen MR) is 142 cm³/mol. The monoisotopic (exact) mass is 467 g/mol. The lowest BCUT2D eigenvalue weighted by molar-refractivity contribution is -0.116. The molecular formula is C29H26ClN3O. The zero-order valence-corrected chi connectivity index (χ0v) is 20.0. The first-order chi connectivity index (χ1) is 16.5. The molecule has 2 N–H and O–H groups in total. The number of halogens is 1. The summed E-state index contributed by atoms with van der Waals surface area (Å²) in [6, 6.07) is 24.3. The molecule has 34 heavy (non-hydrogen) atoms. The van der Waals surface area contributed by atoms with Gasteiger partial charge in [-0.25, -0.2) is 4.98 Å². The number of nitrogens with one attached hydrogen (secondary N) is 2. The summed E-state index contributed by atoms with van der Waals surface area (Å²) in [5.74, 6) is -0.00762. The number of rotatable bonds is 6. The number of aromatic amines is 1. The molecule has 0 bridgehead atoms. The fraction of sp³-hybridized carbons (Fsp3) is 0.172. The van der Waals surface area contributed by atoms with E-state index in [9.17, 15) is 4.79 Å². The zero-order chi connectivity index (χ0) is 23.7. The quantitative estimate of drug-likeness (QED) is 0.270. The van der Waals surface area contributed by atoms with E-state index in [2.05, 4.69) is 53.6 Å². The van der Waals surface area contributed by atoms with Crippen LogP contribution in [0.3, 0.4) is 0 Å². The van der Waals surface area contributed by atoms with E-state index in [0.29, 0.717) is 11.4 Å². The minimum Gasteiger partial charge on any atom is -0.353 e. The van der Waals surface area contributed by atoms with Gasteiger partial charge in [0.15, 0.2) is 0 Å². The highest BCUT2D eigenvalue weighted by Gasteiger charge is 2.16. The summed E-state index contributed by atoms with van der Waals surface area (Å²) in [5.41, 5.74) is 8.06. The molecule has 0 saturated heterocycles. The van der Waals surface area contributed by atoms with Crippen molar-refractivity contribution in [3.05, 3.63) is 94.5 Å². The highest BCUT2D eigenvalue weighted by atomic mass is 35.5. The van der Waals surface area contributed by atoms with Crippen LogP contribution < -0.4 is 5.32 Å².